The fourth-order valence-corrected chi connectivity index (χ4v) is 1.80. The quantitative estimate of drug-likeness (QED) is 0.633. The van der Waals surface area contributed by atoms with Crippen molar-refractivity contribution in [2.45, 2.75) is 13.3 Å². The van der Waals surface area contributed by atoms with Gasteiger partial charge in [0, 0.05) is 24.9 Å². The first-order valence-corrected chi connectivity index (χ1v) is 4.71. The van der Waals surface area contributed by atoms with Crippen LogP contribution >= 0.6 is 0 Å². The van der Waals surface area contributed by atoms with Gasteiger partial charge in [0.1, 0.15) is 0 Å². The summed E-state index contributed by atoms with van der Waals surface area (Å²) in [5.74, 6) is 1.92. The molecule has 2 rings (SSSR count). The minimum Gasteiger partial charge on any atom is -0.342 e. The zero-order chi connectivity index (χ0) is 8.72. The second-order valence-electron chi connectivity index (χ2n) is 4.16. The predicted octanol–water partition coefficient (Wildman–Crippen LogP) is 0.0595. The van der Waals surface area contributed by atoms with Crippen molar-refractivity contribution in [2.75, 3.05) is 19.6 Å². The molecule has 0 radical (unpaired) electrons. The zero-order valence-electron chi connectivity index (χ0n) is 7.49. The Labute approximate surface area is 72.9 Å². The Balaban J connectivity index is 1.77. The van der Waals surface area contributed by atoms with Gasteiger partial charge in [-0.2, -0.15) is 0 Å². The highest BCUT2D eigenvalue weighted by atomic mass is 16.2. The Bertz CT molecular complexity index is 199. The summed E-state index contributed by atoms with van der Waals surface area (Å²) in [7, 11) is 0. The fraction of sp³-hybridized carbons (Fsp3) is 0.889. The molecule has 1 heterocycles. The van der Waals surface area contributed by atoms with Gasteiger partial charge >= 0.3 is 0 Å². The first-order valence-electron chi connectivity index (χ1n) is 4.71. The number of hydrogen-bond donors (Lipinski definition) is 1. The second kappa shape index (κ2) is 2.73. The average Bonchev–Trinajstić information content (AvgIpc) is 2.64. The van der Waals surface area contributed by atoms with Crippen LogP contribution in [0, 0.1) is 17.8 Å². The highest BCUT2D eigenvalue weighted by molar-refractivity contribution is 5.82. The summed E-state index contributed by atoms with van der Waals surface area (Å²) in [6.07, 6.45) is 1.10. The molecule has 0 aromatic rings. The number of hydrogen-bond acceptors (Lipinski definition) is 2. The van der Waals surface area contributed by atoms with E-state index >= 15 is 0 Å². The van der Waals surface area contributed by atoms with E-state index in [1.54, 1.807) is 0 Å². The molecule has 2 N–H and O–H groups in total. The van der Waals surface area contributed by atoms with Crippen molar-refractivity contribution < 1.29 is 4.79 Å². The molecule has 2 unspecified atom stereocenters. The zero-order valence-corrected chi connectivity index (χ0v) is 7.49. The summed E-state index contributed by atoms with van der Waals surface area (Å²) >= 11 is 0. The maximum Gasteiger partial charge on any atom is 0.225 e. The lowest BCUT2D eigenvalue weighted by atomic mass is 10.00. The van der Waals surface area contributed by atoms with Crippen molar-refractivity contribution in [3.63, 3.8) is 0 Å². The van der Waals surface area contributed by atoms with Crippen molar-refractivity contribution in [3.05, 3.63) is 0 Å². The summed E-state index contributed by atoms with van der Waals surface area (Å²) < 4.78 is 0. The standard InChI is InChI=1S/C9H16N2O/c1-6-2-8(6)9(12)11-4-7(3-10)5-11/h6-8H,2-5,10H2,1H3. The van der Waals surface area contributed by atoms with Gasteiger partial charge in [0.15, 0.2) is 0 Å². The topological polar surface area (TPSA) is 46.3 Å². The molecular formula is C9H16N2O. The maximum absolute atomic E-state index is 11.5. The van der Waals surface area contributed by atoms with Crippen molar-refractivity contribution >= 4 is 5.91 Å². The summed E-state index contributed by atoms with van der Waals surface area (Å²) in [5.41, 5.74) is 5.48. The van der Waals surface area contributed by atoms with Crippen molar-refractivity contribution in [2.24, 2.45) is 23.5 Å². The van der Waals surface area contributed by atoms with Gasteiger partial charge in [-0.1, -0.05) is 6.92 Å². The summed E-state index contributed by atoms with van der Waals surface area (Å²) in [6.45, 7) is 4.67. The Morgan fingerprint density at radius 3 is 2.58 bits per heavy atom. The molecule has 2 aliphatic rings. The average molecular weight is 168 g/mol. The number of carbonyl (C=O) groups is 1. The van der Waals surface area contributed by atoms with Crippen LogP contribution in [0.3, 0.4) is 0 Å². The van der Waals surface area contributed by atoms with Gasteiger partial charge in [0.2, 0.25) is 5.91 Å². The number of nitrogens with two attached hydrogens (primary N) is 1. The molecular weight excluding hydrogens is 152 g/mol. The third-order valence-electron chi connectivity index (χ3n) is 3.03. The molecule has 1 aliphatic carbocycles. The molecule has 2 fully saturated rings. The molecule has 1 amide bonds. The normalized spacial score (nSPS) is 34.7. The Kier molecular flexibility index (Phi) is 1.83. The number of amides is 1. The number of nitrogens with zero attached hydrogens (tertiary/aromatic N) is 1. The van der Waals surface area contributed by atoms with E-state index in [4.69, 9.17) is 5.73 Å². The van der Waals surface area contributed by atoms with Gasteiger partial charge < -0.3 is 10.6 Å². The predicted molar refractivity (Wildman–Crippen MR) is 46.4 cm³/mol. The van der Waals surface area contributed by atoms with Gasteiger partial charge in [0.05, 0.1) is 0 Å². The van der Waals surface area contributed by atoms with Crippen LogP contribution in [0.2, 0.25) is 0 Å². The minimum absolute atomic E-state index is 0.351. The van der Waals surface area contributed by atoms with Gasteiger partial charge in [-0.05, 0) is 18.9 Å². The lowest BCUT2D eigenvalue weighted by Crippen LogP contribution is -2.53. The molecule has 0 bridgehead atoms. The van der Waals surface area contributed by atoms with E-state index in [1.807, 2.05) is 4.90 Å². The molecule has 3 nitrogen and oxygen atoms in total. The molecule has 1 aliphatic heterocycles. The first kappa shape index (κ1) is 8.05. The third kappa shape index (κ3) is 1.22. The SMILES string of the molecule is CC1CC1C(=O)N1CC(CN)C1. The minimum atomic E-state index is 0.351. The van der Waals surface area contributed by atoms with Crippen molar-refractivity contribution in [1.82, 2.24) is 4.90 Å². The fourth-order valence-electron chi connectivity index (χ4n) is 1.80. The van der Waals surface area contributed by atoms with Crippen LogP contribution in [-0.4, -0.2) is 30.4 Å². The number of likely N-dealkylation sites (tertiary alicyclic amines) is 1. The first-order chi connectivity index (χ1) is 5.72. The van der Waals surface area contributed by atoms with Gasteiger partial charge in [-0.15, -0.1) is 0 Å². The van der Waals surface area contributed by atoms with Gasteiger partial charge in [-0.3, -0.25) is 4.79 Å². The lowest BCUT2D eigenvalue weighted by molar-refractivity contribution is -0.138. The largest absolute Gasteiger partial charge is 0.342 e. The van der Waals surface area contributed by atoms with Crippen LogP contribution in [0.15, 0.2) is 0 Å². The molecule has 0 spiro atoms. The Morgan fingerprint density at radius 2 is 2.17 bits per heavy atom. The summed E-state index contributed by atoms with van der Waals surface area (Å²) in [5, 5.41) is 0. The second-order valence-corrected chi connectivity index (χ2v) is 4.16. The number of carbonyl (C=O) groups excluding carboxylic acids is 1. The van der Waals surface area contributed by atoms with Crippen LogP contribution in [0.4, 0.5) is 0 Å². The monoisotopic (exact) mass is 168 g/mol. The molecule has 2 atom stereocenters. The van der Waals surface area contributed by atoms with E-state index in [0.29, 0.717) is 23.7 Å². The highest BCUT2D eigenvalue weighted by Crippen LogP contribution is 2.40. The summed E-state index contributed by atoms with van der Waals surface area (Å²) in [4.78, 5) is 13.5. The Hall–Kier alpha value is -0.570. The van der Waals surface area contributed by atoms with Crippen LogP contribution in [0.25, 0.3) is 0 Å². The van der Waals surface area contributed by atoms with E-state index in [0.717, 1.165) is 26.1 Å². The van der Waals surface area contributed by atoms with Crippen LogP contribution in [-0.2, 0) is 4.79 Å². The molecule has 1 saturated heterocycles. The van der Waals surface area contributed by atoms with Crippen LogP contribution in [0.1, 0.15) is 13.3 Å². The number of rotatable bonds is 2. The van der Waals surface area contributed by atoms with E-state index in [9.17, 15) is 4.79 Å². The molecule has 68 valence electrons. The van der Waals surface area contributed by atoms with Crippen molar-refractivity contribution in [1.29, 1.82) is 0 Å². The van der Waals surface area contributed by atoms with E-state index < -0.39 is 0 Å². The molecule has 3 heteroatoms. The van der Waals surface area contributed by atoms with E-state index in [1.165, 1.54) is 0 Å². The Morgan fingerprint density at radius 1 is 1.58 bits per heavy atom. The molecule has 0 aromatic carbocycles. The molecule has 1 saturated carbocycles. The highest BCUT2D eigenvalue weighted by Gasteiger charge is 2.44. The maximum atomic E-state index is 11.5. The molecule has 12 heavy (non-hydrogen) atoms. The summed E-state index contributed by atoms with van der Waals surface area (Å²) in [6, 6.07) is 0. The van der Waals surface area contributed by atoms with Crippen LogP contribution < -0.4 is 5.73 Å². The van der Waals surface area contributed by atoms with Gasteiger partial charge in [0.25, 0.3) is 0 Å². The lowest BCUT2D eigenvalue weighted by Gasteiger charge is -2.38. The van der Waals surface area contributed by atoms with E-state index in [-0.39, 0.29) is 0 Å². The van der Waals surface area contributed by atoms with E-state index in [2.05, 4.69) is 6.92 Å². The molecule has 0 aromatic heterocycles. The van der Waals surface area contributed by atoms with Crippen molar-refractivity contribution in [3.8, 4) is 0 Å². The smallest absolute Gasteiger partial charge is 0.225 e. The third-order valence-corrected chi connectivity index (χ3v) is 3.03. The van der Waals surface area contributed by atoms with Gasteiger partial charge in [-0.25, -0.2) is 0 Å². The van der Waals surface area contributed by atoms with Crippen LogP contribution in [0.5, 0.6) is 0 Å².